The first-order valence-electron chi connectivity index (χ1n) is 6.98. The van der Waals surface area contributed by atoms with Crippen LogP contribution in [0.25, 0.3) is 0 Å². The van der Waals surface area contributed by atoms with E-state index in [0.717, 1.165) is 24.0 Å². The minimum absolute atomic E-state index is 0.222. The van der Waals surface area contributed by atoms with Gasteiger partial charge in [-0.2, -0.15) is 4.98 Å². The van der Waals surface area contributed by atoms with Gasteiger partial charge in [-0.05, 0) is 37.4 Å². The molecule has 0 radical (unpaired) electrons. The van der Waals surface area contributed by atoms with Gasteiger partial charge < -0.3 is 9.84 Å². The van der Waals surface area contributed by atoms with Crippen LogP contribution in [-0.4, -0.2) is 16.7 Å². The van der Waals surface area contributed by atoms with E-state index in [1.807, 2.05) is 0 Å². The van der Waals surface area contributed by atoms with Crippen molar-refractivity contribution in [1.29, 1.82) is 0 Å². The molecule has 1 fully saturated rings. The van der Waals surface area contributed by atoms with Gasteiger partial charge in [0.2, 0.25) is 5.89 Å². The molecule has 1 N–H and O–H groups in total. The molecule has 5 heteroatoms. The monoisotopic (exact) mass is 289 g/mol. The highest BCUT2D eigenvalue weighted by Gasteiger charge is 2.29. The molecule has 1 saturated heterocycles. The topological polar surface area (TPSA) is 51.0 Å². The van der Waals surface area contributed by atoms with Gasteiger partial charge in [0.05, 0.1) is 11.8 Å². The van der Waals surface area contributed by atoms with E-state index in [9.17, 15) is 0 Å². The number of aryl methyl sites for hydroxylation is 1. The third-order valence-corrected chi connectivity index (χ3v) is 4.90. The SMILES string of the molecule is Cc1ccccc1SCc1noc(C2NCCC2C)n1. The number of nitrogens with zero attached hydrogens (tertiary/aromatic N) is 2. The lowest BCUT2D eigenvalue weighted by Crippen LogP contribution is -2.16. The second-order valence-corrected chi connectivity index (χ2v) is 6.32. The minimum atomic E-state index is 0.222. The van der Waals surface area contributed by atoms with E-state index in [4.69, 9.17) is 4.52 Å². The van der Waals surface area contributed by atoms with E-state index in [-0.39, 0.29) is 6.04 Å². The third-order valence-electron chi connectivity index (χ3n) is 3.73. The summed E-state index contributed by atoms with van der Waals surface area (Å²) in [5.41, 5.74) is 1.28. The Hall–Kier alpha value is -1.33. The van der Waals surface area contributed by atoms with Crippen molar-refractivity contribution in [3.8, 4) is 0 Å². The van der Waals surface area contributed by atoms with Gasteiger partial charge >= 0.3 is 0 Å². The van der Waals surface area contributed by atoms with Gasteiger partial charge in [-0.25, -0.2) is 0 Å². The normalized spacial score (nSPS) is 22.3. The first-order chi connectivity index (χ1) is 9.74. The molecule has 0 amide bonds. The van der Waals surface area contributed by atoms with Gasteiger partial charge in [0.25, 0.3) is 0 Å². The third kappa shape index (κ3) is 2.88. The number of benzene rings is 1. The molecule has 0 aliphatic carbocycles. The van der Waals surface area contributed by atoms with E-state index in [0.29, 0.717) is 5.92 Å². The summed E-state index contributed by atoms with van der Waals surface area (Å²) < 4.78 is 5.40. The largest absolute Gasteiger partial charge is 0.338 e. The summed E-state index contributed by atoms with van der Waals surface area (Å²) in [6.45, 7) is 5.37. The zero-order chi connectivity index (χ0) is 13.9. The smallest absolute Gasteiger partial charge is 0.244 e. The standard InChI is InChI=1S/C15H19N3OS/c1-10-5-3-4-6-12(10)20-9-13-17-15(19-18-13)14-11(2)7-8-16-14/h3-6,11,14,16H,7-9H2,1-2H3. The lowest BCUT2D eigenvalue weighted by molar-refractivity contribution is 0.317. The van der Waals surface area contributed by atoms with Gasteiger partial charge in [-0.1, -0.05) is 30.3 Å². The molecule has 1 aromatic carbocycles. The second kappa shape index (κ2) is 5.97. The molecule has 106 valence electrons. The van der Waals surface area contributed by atoms with Crippen molar-refractivity contribution in [3.05, 3.63) is 41.5 Å². The highest BCUT2D eigenvalue weighted by Crippen LogP contribution is 2.29. The van der Waals surface area contributed by atoms with Crippen molar-refractivity contribution in [3.63, 3.8) is 0 Å². The Kier molecular flexibility index (Phi) is 4.08. The summed E-state index contributed by atoms with van der Waals surface area (Å²) in [5.74, 6) is 2.81. The van der Waals surface area contributed by atoms with Crippen molar-refractivity contribution < 1.29 is 4.52 Å². The van der Waals surface area contributed by atoms with E-state index < -0.39 is 0 Å². The number of rotatable bonds is 4. The van der Waals surface area contributed by atoms with Crippen LogP contribution < -0.4 is 5.32 Å². The molecule has 2 unspecified atom stereocenters. The van der Waals surface area contributed by atoms with Crippen molar-refractivity contribution in [2.75, 3.05) is 6.54 Å². The molecular weight excluding hydrogens is 270 g/mol. The van der Waals surface area contributed by atoms with Gasteiger partial charge in [-0.3, -0.25) is 0 Å². The second-order valence-electron chi connectivity index (χ2n) is 5.30. The molecule has 1 aliphatic rings. The fraction of sp³-hybridized carbons (Fsp3) is 0.467. The highest BCUT2D eigenvalue weighted by atomic mass is 32.2. The number of thioether (sulfide) groups is 1. The van der Waals surface area contributed by atoms with Crippen molar-refractivity contribution in [1.82, 2.24) is 15.5 Å². The quantitative estimate of drug-likeness (QED) is 0.875. The molecule has 20 heavy (non-hydrogen) atoms. The lowest BCUT2D eigenvalue weighted by atomic mass is 10.0. The van der Waals surface area contributed by atoms with Crippen molar-refractivity contribution >= 4 is 11.8 Å². The Labute approximate surface area is 123 Å². The van der Waals surface area contributed by atoms with Crippen LogP contribution in [0.1, 0.15) is 36.7 Å². The molecule has 3 rings (SSSR count). The molecule has 4 nitrogen and oxygen atoms in total. The highest BCUT2D eigenvalue weighted by molar-refractivity contribution is 7.98. The van der Waals surface area contributed by atoms with E-state index in [1.165, 1.54) is 16.9 Å². The molecule has 1 aliphatic heterocycles. The fourth-order valence-corrected chi connectivity index (χ4v) is 3.35. The Morgan fingerprint density at radius 1 is 1.40 bits per heavy atom. The summed E-state index contributed by atoms with van der Waals surface area (Å²) in [4.78, 5) is 5.80. The molecule has 2 aromatic rings. The van der Waals surface area contributed by atoms with E-state index in [2.05, 4.69) is 53.6 Å². The zero-order valence-electron chi connectivity index (χ0n) is 11.8. The first-order valence-corrected chi connectivity index (χ1v) is 7.97. The van der Waals surface area contributed by atoms with Crippen LogP contribution in [-0.2, 0) is 5.75 Å². The van der Waals surface area contributed by atoms with Crippen LogP contribution in [0.4, 0.5) is 0 Å². The summed E-state index contributed by atoms with van der Waals surface area (Å²) in [6, 6.07) is 8.58. The molecule has 2 heterocycles. The van der Waals surface area contributed by atoms with Crippen LogP contribution in [0.2, 0.25) is 0 Å². The van der Waals surface area contributed by atoms with Gasteiger partial charge in [-0.15, -0.1) is 11.8 Å². The molecule has 0 spiro atoms. The number of hydrogen-bond acceptors (Lipinski definition) is 5. The Morgan fingerprint density at radius 3 is 3.00 bits per heavy atom. The van der Waals surface area contributed by atoms with Crippen LogP contribution >= 0.6 is 11.8 Å². The fourth-order valence-electron chi connectivity index (χ4n) is 2.48. The minimum Gasteiger partial charge on any atom is -0.338 e. The number of aromatic nitrogens is 2. The Balaban J connectivity index is 1.64. The van der Waals surface area contributed by atoms with E-state index in [1.54, 1.807) is 11.8 Å². The summed E-state index contributed by atoms with van der Waals surface area (Å²) >= 11 is 1.75. The van der Waals surface area contributed by atoms with Crippen LogP contribution in [0.3, 0.4) is 0 Å². The van der Waals surface area contributed by atoms with Crippen LogP contribution in [0.5, 0.6) is 0 Å². The van der Waals surface area contributed by atoms with Gasteiger partial charge in [0, 0.05) is 4.90 Å². The zero-order valence-corrected chi connectivity index (χ0v) is 12.6. The lowest BCUT2D eigenvalue weighted by Gasteiger charge is -2.09. The molecular formula is C15H19N3OS. The van der Waals surface area contributed by atoms with Gasteiger partial charge in [0.1, 0.15) is 0 Å². The van der Waals surface area contributed by atoms with Crippen LogP contribution in [0.15, 0.2) is 33.7 Å². The maximum atomic E-state index is 5.40. The predicted octanol–water partition coefficient (Wildman–Crippen LogP) is 3.34. The average Bonchev–Trinajstić information content (AvgIpc) is 3.06. The van der Waals surface area contributed by atoms with Crippen molar-refractivity contribution in [2.45, 2.75) is 37.0 Å². The van der Waals surface area contributed by atoms with Crippen molar-refractivity contribution in [2.24, 2.45) is 5.92 Å². The van der Waals surface area contributed by atoms with Gasteiger partial charge in [0.15, 0.2) is 5.82 Å². The summed E-state index contributed by atoms with van der Waals surface area (Å²) in [7, 11) is 0. The summed E-state index contributed by atoms with van der Waals surface area (Å²) in [5, 5.41) is 7.51. The molecule has 0 bridgehead atoms. The average molecular weight is 289 g/mol. The Bertz CT molecular complexity index is 584. The maximum absolute atomic E-state index is 5.40. The maximum Gasteiger partial charge on any atom is 0.244 e. The number of hydrogen-bond donors (Lipinski definition) is 1. The van der Waals surface area contributed by atoms with E-state index >= 15 is 0 Å². The number of nitrogens with one attached hydrogen (secondary N) is 1. The predicted molar refractivity (Wildman–Crippen MR) is 79.6 cm³/mol. The molecule has 0 saturated carbocycles. The Morgan fingerprint density at radius 2 is 2.25 bits per heavy atom. The molecule has 1 aromatic heterocycles. The van der Waals surface area contributed by atoms with Crippen LogP contribution in [0, 0.1) is 12.8 Å². The summed E-state index contributed by atoms with van der Waals surface area (Å²) in [6.07, 6.45) is 1.17. The molecule has 2 atom stereocenters. The first kappa shape index (κ1) is 13.6.